The number of hydrogen-bond donors (Lipinski definition) is 0. The largest absolute Gasteiger partial charge is 0.497 e. The van der Waals surface area contributed by atoms with Gasteiger partial charge in [-0.1, -0.05) is 13.0 Å². The van der Waals surface area contributed by atoms with Crippen LogP contribution in [0.15, 0.2) is 34.9 Å². The van der Waals surface area contributed by atoms with Gasteiger partial charge in [-0.25, -0.2) is 4.98 Å². The van der Waals surface area contributed by atoms with Crippen LogP contribution >= 0.6 is 0 Å². The fraction of sp³-hybridized carbons (Fsp3) is 0.444. The monoisotopic (exact) mass is 330 g/mol. The third kappa shape index (κ3) is 3.88. The summed E-state index contributed by atoms with van der Waals surface area (Å²) in [4.78, 5) is 18.6. The highest BCUT2D eigenvalue weighted by Gasteiger charge is 2.24. The van der Waals surface area contributed by atoms with Gasteiger partial charge in [-0.3, -0.25) is 4.79 Å². The molecule has 0 spiro atoms. The number of methoxy groups -OCH3 is 1. The molecule has 2 aromatic rings. The summed E-state index contributed by atoms with van der Waals surface area (Å²) in [7, 11) is 1.60. The van der Waals surface area contributed by atoms with Crippen LogP contribution in [0.3, 0.4) is 0 Å². The zero-order valence-corrected chi connectivity index (χ0v) is 14.0. The van der Waals surface area contributed by atoms with Crippen LogP contribution in [-0.4, -0.2) is 36.0 Å². The molecule has 1 aromatic heterocycles. The summed E-state index contributed by atoms with van der Waals surface area (Å²) in [5, 5.41) is 0. The standard InChI is InChI=1S/C18H22N2O4/c1-13-5-4-8-20(10-13)18(21)16-11-24-17(19-16)12-23-15-7-3-6-14(9-15)22-2/h3,6-7,9,11,13H,4-5,8,10,12H2,1-2H3. The van der Waals surface area contributed by atoms with E-state index in [1.54, 1.807) is 13.2 Å². The third-order valence-electron chi connectivity index (χ3n) is 4.12. The van der Waals surface area contributed by atoms with Crippen LogP contribution in [0.25, 0.3) is 0 Å². The van der Waals surface area contributed by atoms with Gasteiger partial charge in [0.1, 0.15) is 17.8 Å². The minimum absolute atomic E-state index is 0.0714. The molecule has 24 heavy (non-hydrogen) atoms. The van der Waals surface area contributed by atoms with Crippen molar-refractivity contribution in [3.8, 4) is 11.5 Å². The second-order valence-electron chi connectivity index (χ2n) is 6.09. The number of nitrogens with zero attached hydrogens (tertiary/aromatic N) is 2. The normalized spacial score (nSPS) is 17.6. The Morgan fingerprint density at radius 3 is 3.04 bits per heavy atom. The van der Waals surface area contributed by atoms with Crippen LogP contribution in [0.5, 0.6) is 11.5 Å². The minimum atomic E-state index is -0.0714. The van der Waals surface area contributed by atoms with Gasteiger partial charge in [-0.15, -0.1) is 0 Å². The summed E-state index contributed by atoms with van der Waals surface area (Å²) in [6, 6.07) is 7.29. The maximum absolute atomic E-state index is 12.5. The molecule has 0 aliphatic carbocycles. The van der Waals surface area contributed by atoms with Crippen molar-refractivity contribution in [3.63, 3.8) is 0 Å². The van der Waals surface area contributed by atoms with Crippen LogP contribution in [-0.2, 0) is 6.61 Å². The van der Waals surface area contributed by atoms with E-state index in [0.717, 1.165) is 25.3 Å². The lowest BCUT2D eigenvalue weighted by Crippen LogP contribution is -2.39. The Morgan fingerprint density at radius 1 is 1.42 bits per heavy atom. The first-order chi connectivity index (χ1) is 11.7. The van der Waals surface area contributed by atoms with Crippen LogP contribution in [0.4, 0.5) is 0 Å². The van der Waals surface area contributed by atoms with Crippen molar-refractivity contribution in [2.45, 2.75) is 26.4 Å². The summed E-state index contributed by atoms with van der Waals surface area (Å²) in [5.41, 5.74) is 0.341. The number of benzene rings is 1. The quantitative estimate of drug-likeness (QED) is 0.843. The van der Waals surface area contributed by atoms with Crippen molar-refractivity contribution < 1.29 is 18.7 Å². The molecule has 2 heterocycles. The number of rotatable bonds is 5. The van der Waals surface area contributed by atoms with Crippen molar-refractivity contribution in [1.82, 2.24) is 9.88 Å². The van der Waals surface area contributed by atoms with Crippen molar-refractivity contribution in [1.29, 1.82) is 0 Å². The minimum Gasteiger partial charge on any atom is -0.497 e. The highest BCUT2D eigenvalue weighted by Crippen LogP contribution is 2.21. The van der Waals surface area contributed by atoms with Crippen LogP contribution in [0.2, 0.25) is 0 Å². The van der Waals surface area contributed by atoms with Gasteiger partial charge in [0.15, 0.2) is 12.3 Å². The zero-order chi connectivity index (χ0) is 16.9. The number of amides is 1. The van der Waals surface area contributed by atoms with Crippen molar-refractivity contribution in [3.05, 3.63) is 42.1 Å². The number of oxazole rings is 1. The molecule has 1 aromatic carbocycles. The highest BCUT2D eigenvalue weighted by molar-refractivity contribution is 5.92. The molecule has 6 heteroatoms. The predicted molar refractivity (Wildman–Crippen MR) is 88.1 cm³/mol. The Hall–Kier alpha value is -2.50. The molecule has 0 bridgehead atoms. The molecular weight excluding hydrogens is 308 g/mol. The number of ether oxygens (including phenoxy) is 2. The zero-order valence-electron chi connectivity index (χ0n) is 14.0. The number of carbonyl (C=O) groups excluding carboxylic acids is 1. The van der Waals surface area contributed by atoms with Gasteiger partial charge < -0.3 is 18.8 Å². The van der Waals surface area contributed by atoms with Gasteiger partial charge in [0.05, 0.1) is 7.11 Å². The van der Waals surface area contributed by atoms with E-state index in [0.29, 0.717) is 23.3 Å². The summed E-state index contributed by atoms with van der Waals surface area (Å²) in [6.07, 6.45) is 3.62. The maximum Gasteiger partial charge on any atom is 0.275 e. The van der Waals surface area contributed by atoms with Crippen LogP contribution in [0.1, 0.15) is 36.1 Å². The Kier molecular flexibility index (Phi) is 5.03. The van der Waals surface area contributed by atoms with Gasteiger partial charge in [0, 0.05) is 19.2 Å². The molecule has 1 unspecified atom stereocenters. The highest BCUT2D eigenvalue weighted by atomic mass is 16.5. The maximum atomic E-state index is 12.5. The molecule has 1 amide bonds. The number of likely N-dealkylation sites (tertiary alicyclic amines) is 1. The SMILES string of the molecule is COc1cccc(OCc2nc(C(=O)N3CCCC(C)C3)co2)c1. The van der Waals surface area contributed by atoms with Crippen molar-refractivity contribution in [2.24, 2.45) is 5.92 Å². The molecular formula is C18H22N2O4. The predicted octanol–water partition coefficient (Wildman–Crippen LogP) is 3.13. The number of hydrogen-bond acceptors (Lipinski definition) is 5. The van der Waals surface area contributed by atoms with Crippen LogP contribution < -0.4 is 9.47 Å². The van der Waals surface area contributed by atoms with Gasteiger partial charge in [-0.05, 0) is 30.9 Å². The molecule has 1 fully saturated rings. The molecule has 0 radical (unpaired) electrons. The second-order valence-corrected chi connectivity index (χ2v) is 6.09. The van der Waals surface area contributed by atoms with Crippen molar-refractivity contribution >= 4 is 5.91 Å². The fourth-order valence-corrected chi connectivity index (χ4v) is 2.85. The Labute approximate surface area is 141 Å². The van der Waals surface area contributed by atoms with Crippen molar-refractivity contribution in [2.75, 3.05) is 20.2 Å². The third-order valence-corrected chi connectivity index (χ3v) is 4.12. The van der Waals surface area contributed by atoms with Gasteiger partial charge in [-0.2, -0.15) is 0 Å². The lowest BCUT2D eigenvalue weighted by atomic mass is 10.0. The molecule has 1 atom stereocenters. The number of piperidine rings is 1. The van der Waals surface area contributed by atoms with E-state index in [1.807, 2.05) is 23.1 Å². The molecule has 6 nitrogen and oxygen atoms in total. The fourth-order valence-electron chi connectivity index (χ4n) is 2.85. The number of carbonyl (C=O) groups is 1. The summed E-state index contributed by atoms with van der Waals surface area (Å²) < 4.78 is 16.1. The average molecular weight is 330 g/mol. The Bertz CT molecular complexity index is 698. The van der Waals surface area contributed by atoms with Gasteiger partial charge in [0.25, 0.3) is 5.91 Å². The molecule has 1 saturated heterocycles. The lowest BCUT2D eigenvalue weighted by molar-refractivity contribution is 0.0677. The summed E-state index contributed by atoms with van der Waals surface area (Å²) in [5.74, 6) is 2.22. The van der Waals surface area contributed by atoms with Crippen LogP contribution in [0, 0.1) is 5.92 Å². The molecule has 0 saturated carbocycles. The molecule has 128 valence electrons. The van der Waals surface area contributed by atoms with E-state index in [9.17, 15) is 4.79 Å². The lowest BCUT2D eigenvalue weighted by Gasteiger charge is -2.30. The average Bonchev–Trinajstić information content (AvgIpc) is 3.08. The van der Waals surface area contributed by atoms with E-state index in [4.69, 9.17) is 13.9 Å². The first-order valence-electron chi connectivity index (χ1n) is 8.16. The van der Waals surface area contributed by atoms with E-state index in [-0.39, 0.29) is 12.5 Å². The first kappa shape index (κ1) is 16.4. The molecule has 1 aliphatic heterocycles. The van der Waals surface area contributed by atoms with E-state index in [1.165, 1.54) is 12.7 Å². The Balaban J connectivity index is 1.59. The van der Waals surface area contributed by atoms with E-state index in [2.05, 4.69) is 11.9 Å². The van der Waals surface area contributed by atoms with Gasteiger partial charge in [0.2, 0.25) is 5.89 Å². The summed E-state index contributed by atoms with van der Waals surface area (Å²) in [6.45, 7) is 3.89. The molecule has 3 rings (SSSR count). The molecule has 1 aliphatic rings. The van der Waals surface area contributed by atoms with E-state index >= 15 is 0 Å². The molecule has 0 N–H and O–H groups in total. The first-order valence-corrected chi connectivity index (χ1v) is 8.16. The second kappa shape index (κ2) is 7.38. The van der Waals surface area contributed by atoms with Gasteiger partial charge >= 0.3 is 0 Å². The van der Waals surface area contributed by atoms with E-state index < -0.39 is 0 Å². The number of aromatic nitrogens is 1. The Morgan fingerprint density at radius 2 is 2.25 bits per heavy atom. The summed E-state index contributed by atoms with van der Waals surface area (Å²) >= 11 is 0. The topological polar surface area (TPSA) is 64.8 Å². The smallest absolute Gasteiger partial charge is 0.275 e.